The van der Waals surface area contributed by atoms with Crippen LogP contribution in [0.1, 0.15) is 31.2 Å². The molecular weight excluding hydrogens is 312 g/mol. The molecule has 1 aromatic rings. The van der Waals surface area contributed by atoms with Crippen LogP contribution in [0.4, 0.5) is 4.79 Å². The molecule has 2 aliphatic rings. The van der Waals surface area contributed by atoms with Crippen LogP contribution in [0, 0.1) is 5.41 Å². The van der Waals surface area contributed by atoms with E-state index in [0.29, 0.717) is 19.6 Å². The number of carbonyl (C=O) groups is 1. The Morgan fingerprint density at radius 1 is 1.57 bits per heavy atom. The third-order valence-electron chi connectivity index (χ3n) is 4.71. The number of urea groups is 1. The molecule has 1 unspecified atom stereocenters. The summed E-state index contributed by atoms with van der Waals surface area (Å²) in [6.45, 7) is 3.55. The first-order valence-corrected chi connectivity index (χ1v) is 9.29. The number of nitrogens with zero attached hydrogens (tertiary/aromatic N) is 1. The van der Waals surface area contributed by atoms with Crippen LogP contribution in [0.15, 0.2) is 16.8 Å². The maximum atomic E-state index is 12.7. The number of hydrogen-bond donors (Lipinski definition) is 1. The largest absolute Gasteiger partial charge is 0.384 e. The van der Waals surface area contributed by atoms with Crippen LogP contribution in [-0.2, 0) is 16.0 Å². The highest BCUT2D eigenvalue weighted by Gasteiger charge is 2.43. The third-order valence-corrected chi connectivity index (χ3v) is 5.44. The molecule has 2 fully saturated rings. The quantitative estimate of drug-likeness (QED) is 0.793. The monoisotopic (exact) mass is 338 g/mol. The van der Waals surface area contributed by atoms with Gasteiger partial charge in [-0.1, -0.05) is 0 Å². The van der Waals surface area contributed by atoms with Crippen LogP contribution in [-0.4, -0.2) is 50.4 Å². The van der Waals surface area contributed by atoms with E-state index in [-0.39, 0.29) is 17.6 Å². The molecule has 0 radical (unpaired) electrons. The van der Waals surface area contributed by atoms with E-state index < -0.39 is 0 Å². The Morgan fingerprint density at radius 2 is 2.43 bits per heavy atom. The van der Waals surface area contributed by atoms with Crippen LogP contribution in [0.5, 0.6) is 0 Å². The van der Waals surface area contributed by atoms with E-state index in [2.05, 4.69) is 22.1 Å². The molecule has 1 atom stereocenters. The second-order valence-corrected chi connectivity index (χ2v) is 7.52. The van der Waals surface area contributed by atoms with Crippen molar-refractivity contribution in [3.8, 4) is 0 Å². The minimum atomic E-state index is 0.00841. The average molecular weight is 338 g/mol. The molecular formula is C17H26N2O3S. The van der Waals surface area contributed by atoms with Crippen molar-refractivity contribution < 1.29 is 14.3 Å². The Bertz CT molecular complexity index is 496. The van der Waals surface area contributed by atoms with Gasteiger partial charge in [0.15, 0.2) is 0 Å². The topological polar surface area (TPSA) is 50.8 Å². The zero-order valence-electron chi connectivity index (χ0n) is 13.8. The van der Waals surface area contributed by atoms with Crippen molar-refractivity contribution in [2.24, 2.45) is 5.41 Å². The van der Waals surface area contributed by atoms with E-state index in [4.69, 9.17) is 9.47 Å². The van der Waals surface area contributed by atoms with Crippen molar-refractivity contribution in [3.63, 3.8) is 0 Å². The Balaban J connectivity index is 1.55. The van der Waals surface area contributed by atoms with E-state index >= 15 is 0 Å². The van der Waals surface area contributed by atoms with Crippen LogP contribution in [0.25, 0.3) is 0 Å². The number of amides is 2. The van der Waals surface area contributed by atoms with Gasteiger partial charge in [-0.15, -0.1) is 0 Å². The summed E-state index contributed by atoms with van der Waals surface area (Å²) >= 11 is 1.66. The van der Waals surface area contributed by atoms with E-state index in [1.807, 2.05) is 4.90 Å². The van der Waals surface area contributed by atoms with Gasteiger partial charge >= 0.3 is 6.03 Å². The molecule has 5 nitrogen and oxygen atoms in total. The predicted molar refractivity (Wildman–Crippen MR) is 90.6 cm³/mol. The molecule has 2 heterocycles. The molecule has 1 aliphatic carbocycles. The first-order valence-electron chi connectivity index (χ1n) is 8.35. The summed E-state index contributed by atoms with van der Waals surface area (Å²) in [4.78, 5) is 14.5. The first kappa shape index (κ1) is 16.7. The molecule has 3 rings (SSSR count). The Labute approximate surface area is 142 Å². The van der Waals surface area contributed by atoms with E-state index in [1.54, 1.807) is 18.4 Å². The smallest absolute Gasteiger partial charge is 0.317 e. The maximum absolute atomic E-state index is 12.7. The van der Waals surface area contributed by atoms with Crippen LogP contribution in [0.2, 0.25) is 0 Å². The highest BCUT2D eigenvalue weighted by Crippen LogP contribution is 2.45. The van der Waals surface area contributed by atoms with Crippen molar-refractivity contribution in [1.29, 1.82) is 0 Å². The number of hydrogen-bond acceptors (Lipinski definition) is 4. The number of methoxy groups -OCH3 is 1. The van der Waals surface area contributed by atoms with Crippen molar-refractivity contribution in [2.75, 3.05) is 33.4 Å². The molecule has 0 spiro atoms. The SMILES string of the molecule is COCC1(CNC(=O)N(Cc2ccsc2)CC2CCCO2)CC1. The molecule has 23 heavy (non-hydrogen) atoms. The average Bonchev–Trinajstić information content (AvgIpc) is 2.97. The van der Waals surface area contributed by atoms with Crippen LogP contribution in [0.3, 0.4) is 0 Å². The summed E-state index contributed by atoms with van der Waals surface area (Å²) < 4.78 is 11.0. The van der Waals surface area contributed by atoms with Gasteiger partial charge in [0.2, 0.25) is 0 Å². The van der Waals surface area contributed by atoms with Gasteiger partial charge in [0.25, 0.3) is 0 Å². The van der Waals surface area contributed by atoms with E-state index in [0.717, 1.165) is 38.9 Å². The number of carbonyl (C=O) groups excluding carboxylic acids is 1. The molecule has 1 aliphatic heterocycles. The fraction of sp³-hybridized carbons (Fsp3) is 0.706. The maximum Gasteiger partial charge on any atom is 0.317 e. The van der Waals surface area contributed by atoms with Crippen LogP contribution >= 0.6 is 11.3 Å². The predicted octanol–water partition coefficient (Wildman–Crippen LogP) is 2.87. The van der Waals surface area contributed by atoms with Gasteiger partial charge in [0.05, 0.1) is 12.7 Å². The second kappa shape index (κ2) is 7.64. The summed E-state index contributed by atoms with van der Waals surface area (Å²) in [5, 5.41) is 7.26. The zero-order valence-corrected chi connectivity index (χ0v) is 14.6. The lowest BCUT2D eigenvalue weighted by molar-refractivity contribution is 0.0785. The zero-order chi connectivity index (χ0) is 16.1. The summed E-state index contributed by atoms with van der Waals surface area (Å²) in [6, 6.07) is 2.09. The lowest BCUT2D eigenvalue weighted by atomic mass is 10.1. The standard InChI is InChI=1S/C17H26N2O3S/c1-21-13-17(5-6-17)12-18-16(20)19(9-14-4-8-23-11-14)10-15-3-2-7-22-15/h4,8,11,15H,2-3,5-7,9-10,12-13H2,1H3,(H,18,20). The molecule has 0 aromatic carbocycles. The number of thiophene rings is 1. The van der Waals surface area contributed by atoms with Gasteiger partial charge in [0.1, 0.15) is 0 Å². The van der Waals surface area contributed by atoms with Crippen LogP contribution < -0.4 is 5.32 Å². The second-order valence-electron chi connectivity index (χ2n) is 6.74. The van der Waals surface area contributed by atoms with Gasteiger partial charge in [-0.25, -0.2) is 4.79 Å². The summed E-state index contributed by atoms with van der Waals surface area (Å²) in [6.07, 6.45) is 4.58. The Kier molecular flexibility index (Phi) is 5.56. The number of ether oxygens (including phenoxy) is 2. The minimum absolute atomic E-state index is 0.00841. The lowest BCUT2D eigenvalue weighted by Gasteiger charge is -2.26. The van der Waals surface area contributed by atoms with Crippen molar-refractivity contribution in [1.82, 2.24) is 10.2 Å². The lowest BCUT2D eigenvalue weighted by Crippen LogP contribution is -2.45. The Hall–Kier alpha value is -1.11. The van der Waals surface area contributed by atoms with Crippen molar-refractivity contribution in [3.05, 3.63) is 22.4 Å². The molecule has 128 valence electrons. The van der Waals surface area contributed by atoms with Gasteiger partial charge < -0.3 is 19.7 Å². The fourth-order valence-corrected chi connectivity index (χ4v) is 3.75. The van der Waals surface area contributed by atoms with Crippen molar-refractivity contribution in [2.45, 2.75) is 38.3 Å². The van der Waals surface area contributed by atoms with Gasteiger partial charge in [-0.2, -0.15) is 11.3 Å². The number of nitrogens with one attached hydrogen (secondary N) is 1. The van der Waals surface area contributed by atoms with E-state index in [9.17, 15) is 4.79 Å². The normalized spacial score (nSPS) is 22.0. The summed E-state index contributed by atoms with van der Waals surface area (Å²) in [5.74, 6) is 0. The first-order chi connectivity index (χ1) is 11.2. The number of rotatable bonds is 8. The summed E-state index contributed by atoms with van der Waals surface area (Å²) in [7, 11) is 1.72. The Morgan fingerprint density at radius 3 is 3.04 bits per heavy atom. The van der Waals surface area contributed by atoms with Gasteiger partial charge in [-0.3, -0.25) is 0 Å². The summed E-state index contributed by atoms with van der Waals surface area (Å²) in [5.41, 5.74) is 1.35. The van der Waals surface area contributed by atoms with Gasteiger partial charge in [-0.05, 0) is 48.1 Å². The highest BCUT2D eigenvalue weighted by atomic mass is 32.1. The molecule has 2 amide bonds. The molecule has 0 bridgehead atoms. The molecule has 1 saturated carbocycles. The van der Waals surface area contributed by atoms with Crippen molar-refractivity contribution >= 4 is 17.4 Å². The molecule has 1 saturated heterocycles. The van der Waals surface area contributed by atoms with E-state index in [1.165, 1.54) is 5.56 Å². The molecule has 6 heteroatoms. The minimum Gasteiger partial charge on any atom is -0.384 e. The third kappa shape index (κ3) is 4.68. The fourth-order valence-electron chi connectivity index (χ4n) is 3.09. The highest BCUT2D eigenvalue weighted by molar-refractivity contribution is 7.07. The molecule has 1 N–H and O–H groups in total. The van der Waals surface area contributed by atoms with Gasteiger partial charge in [0, 0.05) is 38.8 Å². The molecule has 1 aromatic heterocycles.